The number of carbonyl (C=O) groups excluding carboxylic acids is 1. The zero-order chi connectivity index (χ0) is 17.4. The van der Waals surface area contributed by atoms with E-state index in [1.807, 2.05) is 63.4 Å². The number of nitrogens with one attached hydrogen (secondary N) is 1. The van der Waals surface area contributed by atoms with Crippen molar-refractivity contribution >= 4 is 11.6 Å². The number of hydrogen-bond donors (Lipinski definition) is 1. The highest BCUT2D eigenvalue weighted by Gasteiger charge is 2.17. The van der Waals surface area contributed by atoms with E-state index in [-0.39, 0.29) is 5.91 Å². The van der Waals surface area contributed by atoms with E-state index in [4.69, 9.17) is 4.74 Å². The lowest BCUT2D eigenvalue weighted by Crippen LogP contribution is -2.41. The first kappa shape index (κ1) is 17.9. The summed E-state index contributed by atoms with van der Waals surface area (Å²) in [4.78, 5) is 14.4. The molecule has 24 heavy (non-hydrogen) atoms. The molecule has 0 fully saturated rings. The Morgan fingerprint density at radius 1 is 1.12 bits per heavy atom. The number of hydrogen-bond acceptors (Lipinski definition) is 3. The normalized spacial score (nSPS) is 11.6. The molecule has 0 saturated carbocycles. The molecule has 0 radical (unpaired) electrons. The first-order chi connectivity index (χ1) is 11.6. The zero-order valence-electron chi connectivity index (χ0n) is 14.7. The quantitative estimate of drug-likeness (QED) is 0.808. The molecule has 0 bridgehead atoms. The Balaban J connectivity index is 1.80. The first-order valence-corrected chi connectivity index (χ1v) is 8.37. The third-order valence-corrected chi connectivity index (χ3v) is 3.91. The minimum absolute atomic E-state index is 0.0699. The second-order valence-electron chi connectivity index (χ2n) is 5.88. The number of rotatable bonds is 8. The van der Waals surface area contributed by atoms with Crippen LogP contribution in [0.15, 0.2) is 54.6 Å². The molecular formula is C20H26N2O2. The predicted octanol–water partition coefficient (Wildman–Crippen LogP) is 3.41. The second kappa shape index (κ2) is 8.96. The van der Waals surface area contributed by atoms with E-state index in [1.54, 1.807) is 0 Å². The van der Waals surface area contributed by atoms with Crippen LogP contribution in [0.3, 0.4) is 0 Å². The van der Waals surface area contributed by atoms with Crippen molar-refractivity contribution in [2.24, 2.45) is 0 Å². The second-order valence-corrected chi connectivity index (χ2v) is 5.88. The number of nitrogens with zero attached hydrogens (tertiary/aromatic N) is 1. The number of amides is 1. The van der Waals surface area contributed by atoms with Crippen molar-refractivity contribution in [3.05, 3.63) is 60.2 Å². The van der Waals surface area contributed by atoms with Gasteiger partial charge in [0.05, 0.1) is 0 Å². The summed E-state index contributed by atoms with van der Waals surface area (Å²) in [6.45, 7) is 5.31. The third-order valence-electron chi connectivity index (χ3n) is 3.91. The van der Waals surface area contributed by atoms with Crippen molar-refractivity contribution < 1.29 is 9.53 Å². The highest BCUT2D eigenvalue weighted by molar-refractivity contribution is 5.81. The van der Waals surface area contributed by atoms with Crippen molar-refractivity contribution in [1.82, 2.24) is 5.32 Å². The molecule has 4 nitrogen and oxygen atoms in total. The lowest BCUT2D eigenvalue weighted by atomic mass is 10.2. The summed E-state index contributed by atoms with van der Waals surface area (Å²) < 4.78 is 5.80. The predicted molar refractivity (Wildman–Crippen MR) is 98.6 cm³/mol. The van der Waals surface area contributed by atoms with Crippen LogP contribution in [-0.4, -0.2) is 32.1 Å². The van der Waals surface area contributed by atoms with Gasteiger partial charge in [0.25, 0.3) is 5.91 Å². The summed E-state index contributed by atoms with van der Waals surface area (Å²) in [5.41, 5.74) is 2.30. The SMILES string of the molecule is CC[C@H](Oc1ccc(C)cc1)C(=O)NCCN(C)c1ccccc1. The third kappa shape index (κ3) is 5.30. The Hall–Kier alpha value is -2.49. The topological polar surface area (TPSA) is 41.6 Å². The molecule has 1 atom stereocenters. The Morgan fingerprint density at radius 3 is 2.42 bits per heavy atom. The van der Waals surface area contributed by atoms with Crippen molar-refractivity contribution in [3.63, 3.8) is 0 Å². The lowest BCUT2D eigenvalue weighted by Gasteiger charge is -2.21. The molecule has 0 unspecified atom stereocenters. The van der Waals surface area contributed by atoms with Crippen molar-refractivity contribution in [2.75, 3.05) is 25.0 Å². The molecule has 0 aliphatic heterocycles. The van der Waals surface area contributed by atoms with Crippen LogP contribution in [0.25, 0.3) is 0 Å². The molecule has 0 spiro atoms. The van der Waals surface area contributed by atoms with Crippen LogP contribution < -0.4 is 15.0 Å². The highest BCUT2D eigenvalue weighted by atomic mass is 16.5. The van der Waals surface area contributed by atoms with E-state index in [1.165, 1.54) is 5.56 Å². The average molecular weight is 326 g/mol. The molecule has 4 heteroatoms. The monoisotopic (exact) mass is 326 g/mol. The van der Waals surface area contributed by atoms with Gasteiger partial charge in [0.15, 0.2) is 6.10 Å². The molecule has 2 aromatic rings. The van der Waals surface area contributed by atoms with Crippen molar-refractivity contribution in [1.29, 1.82) is 0 Å². The van der Waals surface area contributed by atoms with Crippen molar-refractivity contribution in [2.45, 2.75) is 26.4 Å². The maximum absolute atomic E-state index is 12.3. The number of carbonyl (C=O) groups is 1. The van der Waals surface area contributed by atoms with E-state index in [0.717, 1.165) is 18.0 Å². The van der Waals surface area contributed by atoms with Gasteiger partial charge in [-0.05, 0) is 37.6 Å². The standard InChI is InChI=1S/C20H26N2O2/c1-4-19(24-18-12-10-16(2)11-13-18)20(23)21-14-15-22(3)17-8-6-5-7-9-17/h5-13,19H,4,14-15H2,1-3H3,(H,21,23)/t19-/m0/s1. The van der Waals surface area contributed by atoms with Gasteiger partial charge >= 0.3 is 0 Å². The Labute approximate surface area is 144 Å². The van der Waals surface area contributed by atoms with Crippen LogP contribution in [0.4, 0.5) is 5.69 Å². The maximum atomic E-state index is 12.3. The number of benzene rings is 2. The Kier molecular flexibility index (Phi) is 6.67. The maximum Gasteiger partial charge on any atom is 0.261 e. The number of anilines is 1. The van der Waals surface area contributed by atoms with Gasteiger partial charge in [-0.3, -0.25) is 4.79 Å². The number of ether oxygens (including phenoxy) is 1. The molecule has 1 amide bonds. The summed E-state index contributed by atoms with van der Waals surface area (Å²) in [6, 6.07) is 17.9. The van der Waals surface area contributed by atoms with Crippen molar-refractivity contribution in [3.8, 4) is 5.75 Å². The molecular weight excluding hydrogens is 300 g/mol. The van der Waals surface area contributed by atoms with Crippen LogP contribution in [0.1, 0.15) is 18.9 Å². The van der Waals surface area contributed by atoms with Gasteiger partial charge in [0, 0.05) is 25.8 Å². The number of aryl methyl sites for hydroxylation is 1. The average Bonchev–Trinajstić information content (AvgIpc) is 2.61. The number of likely N-dealkylation sites (N-methyl/N-ethyl adjacent to an activating group) is 1. The molecule has 1 N–H and O–H groups in total. The fourth-order valence-electron chi connectivity index (χ4n) is 2.38. The Bertz CT molecular complexity index is 626. The van der Waals surface area contributed by atoms with E-state index >= 15 is 0 Å². The minimum Gasteiger partial charge on any atom is -0.481 e. The van der Waals surface area contributed by atoms with Gasteiger partial charge < -0.3 is 15.0 Å². The molecule has 0 aromatic heterocycles. The van der Waals surface area contributed by atoms with Gasteiger partial charge in [-0.25, -0.2) is 0 Å². The fraction of sp³-hybridized carbons (Fsp3) is 0.350. The lowest BCUT2D eigenvalue weighted by molar-refractivity contribution is -0.128. The molecule has 0 heterocycles. The van der Waals surface area contributed by atoms with Gasteiger partial charge in [-0.2, -0.15) is 0 Å². The summed E-state index contributed by atoms with van der Waals surface area (Å²) in [6.07, 6.45) is 0.170. The molecule has 2 rings (SSSR count). The molecule has 0 saturated heterocycles. The number of para-hydroxylation sites is 1. The van der Waals surface area contributed by atoms with E-state index < -0.39 is 6.10 Å². The molecule has 0 aliphatic rings. The van der Waals surface area contributed by atoms with Crippen LogP contribution >= 0.6 is 0 Å². The van der Waals surface area contributed by atoms with Gasteiger partial charge in [0.1, 0.15) is 5.75 Å². The van der Waals surface area contributed by atoms with Crippen LogP contribution in [-0.2, 0) is 4.79 Å². The van der Waals surface area contributed by atoms with E-state index in [0.29, 0.717) is 13.0 Å². The van der Waals surface area contributed by atoms with Gasteiger partial charge in [0.2, 0.25) is 0 Å². The minimum atomic E-state index is -0.463. The van der Waals surface area contributed by atoms with Gasteiger partial charge in [-0.15, -0.1) is 0 Å². The van der Waals surface area contributed by atoms with Gasteiger partial charge in [-0.1, -0.05) is 42.8 Å². The molecule has 2 aromatic carbocycles. The highest BCUT2D eigenvalue weighted by Crippen LogP contribution is 2.15. The summed E-state index contributed by atoms with van der Waals surface area (Å²) in [5, 5.41) is 2.96. The molecule has 0 aliphatic carbocycles. The Morgan fingerprint density at radius 2 is 1.79 bits per heavy atom. The van der Waals surface area contributed by atoms with Crippen LogP contribution in [0, 0.1) is 6.92 Å². The summed E-state index contributed by atoms with van der Waals surface area (Å²) >= 11 is 0. The van der Waals surface area contributed by atoms with Crippen LogP contribution in [0.2, 0.25) is 0 Å². The smallest absolute Gasteiger partial charge is 0.261 e. The summed E-state index contributed by atoms with van der Waals surface area (Å²) in [7, 11) is 2.02. The summed E-state index contributed by atoms with van der Waals surface area (Å²) in [5.74, 6) is 0.656. The van der Waals surface area contributed by atoms with E-state index in [2.05, 4.69) is 22.3 Å². The first-order valence-electron chi connectivity index (χ1n) is 8.37. The van der Waals surface area contributed by atoms with Crippen LogP contribution in [0.5, 0.6) is 5.75 Å². The van der Waals surface area contributed by atoms with E-state index in [9.17, 15) is 4.79 Å². The largest absolute Gasteiger partial charge is 0.481 e. The fourth-order valence-corrected chi connectivity index (χ4v) is 2.38. The molecule has 128 valence electrons. The zero-order valence-corrected chi connectivity index (χ0v) is 14.7.